The average Bonchev–Trinajstić information content (AvgIpc) is 2.64. The Balaban J connectivity index is 2.26. The van der Waals surface area contributed by atoms with E-state index in [0.29, 0.717) is 16.5 Å². The molecule has 0 aliphatic rings. The highest BCUT2D eigenvalue weighted by atomic mass is 16.5. The molecule has 0 spiro atoms. The number of fused-ring (bicyclic) bond motifs is 1. The Morgan fingerprint density at radius 3 is 2.52 bits per heavy atom. The Morgan fingerprint density at radius 1 is 1.12 bits per heavy atom. The predicted octanol–water partition coefficient (Wildman–Crippen LogP) is 1.71. The molecule has 0 aliphatic carbocycles. The summed E-state index contributed by atoms with van der Waals surface area (Å²) >= 11 is 0. The molecule has 1 heterocycles. The van der Waals surface area contributed by atoms with Crippen molar-refractivity contribution in [2.45, 2.75) is 19.4 Å². The van der Waals surface area contributed by atoms with Gasteiger partial charge in [-0.1, -0.05) is 25.1 Å². The van der Waals surface area contributed by atoms with Crippen molar-refractivity contribution in [3.05, 3.63) is 42.1 Å². The fourth-order valence-electron chi connectivity index (χ4n) is 2.54. The molecule has 0 saturated carbocycles. The van der Waals surface area contributed by atoms with Crippen molar-refractivity contribution in [3.8, 4) is 0 Å². The van der Waals surface area contributed by atoms with Crippen LogP contribution in [0.5, 0.6) is 0 Å². The molecule has 2 atom stereocenters. The number of amides is 1. The minimum atomic E-state index is -0.969. The number of carbonyl (C=O) groups is 3. The topological polar surface area (TPSA) is 94.6 Å². The van der Waals surface area contributed by atoms with Crippen LogP contribution in [-0.4, -0.2) is 43.1 Å². The maximum atomic E-state index is 12.7. The molecule has 7 heteroatoms. The number of esters is 2. The first-order valence-corrected chi connectivity index (χ1v) is 7.77. The normalized spacial score (nSPS) is 12.9. The van der Waals surface area contributed by atoms with E-state index in [2.05, 4.69) is 15.0 Å². The molecule has 0 fully saturated rings. The Kier molecular flexibility index (Phi) is 6.05. The summed E-state index contributed by atoms with van der Waals surface area (Å²) in [5, 5.41) is 3.33. The fourth-order valence-corrected chi connectivity index (χ4v) is 2.54. The molecule has 0 saturated heterocycles. The van der Waals surface area contributed by atoms with Crippen LogP contribution in [0.15, 0.2) is 36.5 Å². The Bertz CT molecular complexity index is 785. The number of nitrogens with one attached hydrogen (secondary N) is 1. The highest BCUT2D eigenvalue weighted by molar-refractivity contribution is 6.07. The molecule has 7 nitrogen and oxygen atoms in total. The van der Waals surface area contributed by atoms with Gasteiger partial charge in [0.2, 0.25) is 0 Å². The quantitative estimate of drug-likeness (QED) is 0.802. The number of aromatic nitrogens is 1. The summed E-state index contributed by atoms with van der Waals surface area (Å²) < 4.78 is 9.37. The second-order valence-corrected chi connectivity index (χ2v) is 5.61. The Labute approximate surface area is 145 Å². The fraction of sp³-hybridized carbons (Fsp3) is 0.333. The molecule has 0 radical (unpaired) electrons. The van der Waals surface area contributed by atoms with Crippen molar-refractivity contribution in [1.82, 2.24) is 10.3 Å². The monoisotopic (exact) mass is 344 g/mol. The van der Waals surface area contributed by atoms with Gasteiger partial charge in [0.15, 0.2) is 0 Å². The van der Waals surface area contributed by atoms with Crippen molar-refractivity contribution >= 4 is 28.7 Å². The summed E-state index contributed by atoms with van der Waals surface area (Å²) in [6.07, 6.45) is 1.51. The van der Waals surface area contributed by atoms with E-state index in [0.717, 1.165) is 0 Å². The lowest BCUT2D eigenvalue weighted by atomic mass is 9.97. The number of para-hydroxylation sites is 1. The SMILES string of the molecule is COC(=O)C[C@H](C)[C@@H](NC(=O)c1ccnc2ccccc12)C(=O)OC. The number of hydrogen-bond donors (Lipinski definition) is 1. The van der Waals surface area contributed by atoms with Gasteiger partial charge in [-0.05, 0) is 18.1 Å². The van der Waals surface area contributed by atoms with Crippen LogP contribution >= 0.6 is 0 Å². The number of pyridine rings is 1. The highest BCUT2D eigenvalue weighted by Crippen LogP contribution is 2.18. The van der Waals surface area contributed by atoms with Gasteiger partial charge in [0.1, 0.15) is 6.04 Å². The van der Waals surface area contributed by atoms with E-state index >= 15 is 0 Å². The minimum Gasteiger partial charge on any atom is -0.469 e. The minimum absolute atomic E-state index is 0.0202. The van der Waals surface area contributed by atoms with Crippen LogP contribution in [0.4, 0.5) is 0 Å². The summed E-state index contributed by atoms with van der Waals surface area (Å²) in [5.74, 6) is -2.02. The van der Waals surface area contributed by atoms with Gasteiger partial charge >= 0.3 is 11.9 Å². The Hall–Kier alpha value is -2.96. The van der Waals surface area contributed by atoms with Gasteiger partial charge in [-0.25, -0.2) is 4.79 Å². The van der Waals surface area contributed by atoms with Gasteiger partial charge in [0, 0.05) is 11.6 Å². The van der Waals surface area contributed by atoms with Crippen molar-refractivity contribution in [3.63, 3.8) is 0 Å². The second kappa shape index (κ2) is 8.23. The lowest BCUT2D eigenvalue weighted by molar-refractivity contribution is -0.146. The molecule has 1 amide bonds. The van der Waals surface area contributed by atoms with Crippen LogP contribution in [0.3, 0.4) is 0 Å². The lowest BCUT2D eigenvalue weighted by Crippen LogP contribution is -2.46. The van der Waals surface area contributed by atoms with Crippen LogP contribution in [0.1, 0.15) is 23.7 Å². The highest BCUT2D eigenvalue weighted by Gasteiger charge is 2.30. The first-order chi connectivity index (χ1) is 12.0. The molecule has 1 aromatic carbocycles. The van der Waals surface area contributed by atoms with Crippen molar-refractivity contribution in [2.24, 2.45) is 5.92 Å². The van der Waals surface area contributed by atoms with Crippen LogP contribution < -0.4 is 5.32 Å². The zero-order valence-corrected chi connectivity index (χ0v) is 14.3. The summed E-state index contributed by atoms with van der Waals surface area (Å²) in [7, 11) is 2.50. The number of methoxy groups -OCH3 is 2. The summed E-state index contributed by atoms with van der Waals surface area (Å²) in [6, 6.07) is 7.82. The zero-order chi connectivity index (χ0) is 18.4. The molecule has 1 aromatic heterocycles. The van der Waals surface area contributed by atoms with E-state index < -0.39 is 29.8 Å². The first kappa shape index (κ1) is 18.4. The van der Waals surface area contributed by atoms with E-state index in [1.54, 1.807) is 31.2 Å². The van der Waals surface area contributed by atoms with Crippen molar-refractivity contribution in [1.29, 1.82) is 0 Å². The molecule has 25 heavy (non-hydrogen) atoms. The maximum absolute atomic E-state index is 12.7. The zero-order valence-electron chi connectivity index (χ0n) is 14.3. The van der Waals surface area contributed by atoms with Crippen molar-refractivity contribution < 1.29 is 23.9 Å². The van der Waals surface area contributed by atoms with E-state index in [1.165, 1.54) is 20.4 Å². The van der Waals surface area contributed by atoms with E-state index in [1.807, 2.05) is 6.07 Å². The summed E-state index contributed by atoms with van der Waals surface area (Å²) in [4.78, 5) is 40.4. The number of nitrogens with zero attached hydrogens (tertiary/aromatic N) is 1. The van der Waals surface area contributed by atoms with Gasteiger partial charge in [0.05, 0.1) is 31.7 Å². The third-order valence-corrected chi connectivity index (χ3v) is 3.92. The standard InChI is InChI=1S/C18H20N2O5/c1-11(10-15(21)24-2)16(18(23)25-3)20-17(22)13-8-9-19-14-7-5-4-6-12(13)14/h4-9,11,16H,10H2,1-3H3,(H,20,22)/t11-,16+/m0/s1. The molecule has 0 unspecified atom stereocenters. The van der Waals surface area contributed by atoms with E-state index in [9.17, 15) is 14.4 Å². The number of benzene rings is 1. The maximum Gasteiger partial charge on any atom is 0.328 e. The Morgan fingerprint density at radius 2 is 1.84 bits per heavy atom. The molecule has 132 valence electrons. The van der Waals surface area contributed by atoms with E-state index in [-0.39, 0.29) is 6.42 Å². The largest absolute Gasteiger partial charge is 0.469 e. The van der Waals surface area contributed by atoms with Crippen molar-refractivity contribution in [2.75, 3.05) is 14.2 Å². The second-order valence-electron chi connectivity index (χ2n) is 5.61. The molecule has 0 aliphatic heterocycles. The summed E-state index contributed by atoms with van der Waals surface area (Å²) in [6.45, 7) is 1.67. The molecule has 1 N–H and O–H groups in total. The van der Waals surface area contributed by atoms with Gasteiger partial charge < -0.3 is 14.8 Å². The van der Waals surface area contributed by atoms with E-state index in [4.69, 9.17) is 4.74 Å². The number of rotatable bonds is 6. The van der Waals surface area contributed by atoms with Crippen LogP contribution in [0, 0.1) is 5.92 Å². The number of carbonyl (C=O) groups excluding carboxylic acids is 3. The lowest BCUT2D eigenvalue weighted by Gasteiger charge is -2.22. The van der Waals surface area contributed by atoms with Gasteiger partial charge in [-0.15, -0.1) is 0 Å². The molecular weight excluding hydrogens is 324 g/mol. The number of ether oxygens (including phenoxy) is 2. The molecule has 2 rings (SSSR count). The van der Waals surface area contributed by atoms with Crippen LogP contribution in [-0.2, 0) is 19.1 Å². The van der Waals surface area contributed by atoms with Crippen LogP contribution in [0.25, 0.3) is 10.9 Å². The molecule has 0 bridgehead atoms. The molecule has 2 aromatic rings. The molecular formula is C18H20N2O5. The predicted molar refractivity (Wildman–Crippen MR) is 90.8 cm³/mol. The van der Waals surface area contributed by atoms with Gasteiger partial charge in [-0.3, -0.25) is 14.6 Å². The third kappa shape index (κ3) is 4.32. The third-order valence-electron chi connectivity index (χ3n) is 3.92. The first-order valence-electron chi connectivity index (χ1n) is 7.77. The van der Waals surface area contributed by atoms with Gasteiger partial charge in [-0.2, -0.15) is 0 Å². The van der Waals surface area contributed by atoms with Gasteiger partial charge in [0.25, 0.3) is 5.91 Å². The smallest absolute Gasteiger partial charge is 0.328 e. The number of hydrogen-bond acceptors (Lipinski definition) is 6. The summed E-state index contributed by atoms with van der Waals surface area (Å²) in [5.41, 5.74) is 1.07. The van der Waals surface area contributed by atoms with Crippen LogP contribution in [0.2, 0.25) is 0 Å². The average molecular weight is 344 g/mol.